The summed E-state index contributed by atoms with van der Waals surface area (Å²) in [5.74, 6) is 1.44. The van der Waals surface area contributed by atoms with Gasteiger partial charge in [0, 0.05) is 31.8 Å². The Labute approximate surface area is 154 Å². The van der Waals surface area contributed by atoms with Crippen molar-refractivity contribution >= 4 is 35.8 Å². The van der Waals surface area contributed by atoms with Crippen LogP contribution >= 0.6 is 24.0 Å². The van der Waals surface area contributed by atoms with E-state index in [4.69, 9.17) is 11.6 Å². The Bertz CT molecular complexity index is 511. The van der Waals surface area contributed by atoms with Crippen molar-refractivity contribution < 1.29 is 5.11 Å². The van der Waals surface area contributed by atoms with Gasteiger partial charge in [0.15, 0.2) is 5.82 Å². The number of aliphatic hydroxyl groups is 1. The molecule has 0 saturated carbocycles. The van der Waals surface area contributed by atoms with E-state index in [9.17, 15) is 5.11 Å². The standard InChI is InChI=1S/C16H26ClN5O.ClH/c17-14-11-19-16(20-12-4-3-7-18-10-12)21-15(14)22-8-2-1-5-13(22)6-9-23;/h11-13,18,23H,1-10H2,(H,19,20,21);1H/t12-,13+;/m1./s1. The Hall–Kier alpha value is -0.820. The van der Waals surface area contributed by atoms with Crippen LogP contribution < -0.4 is 15.5 Å². The van der Waals surface area contributed by atoms with E-state index in [0.717, 1.165) is 51.1 Å². The molecule has 6 nitrogen and oxygen atoms in total. The first-order valence-corrected chi connectivity index (χ1v) is 9.03. The Morgan fingerprint density at radius 1 is 1.33 bits per heavy atom. The Balaban J connectivity index is 0.00000208. The van der Waals surface area contributed by atoms with Crippen LogP contribution in [0.1, 0.15) is 38.5 Å². The van der Waals surface area contributed by atoms with Crippen LogP contribution in [0, 0.1) is 0 Å². The molecular weight excluding hydrogens is 349 g/mol. The number of nitrogens with one attached hydrogen (secondary N) is 2. The molecule has 3 rings (SSSR count). The lowest BCUT2D eigenvalue weighted by Crippen LogP contribution is -2.41. The van der Waals surface area contributed by atoms with Gasteiger partial charge in [0.05, 0.1) is 6.20 Å². The number of rotatable bonds is 5. The fraction of sp³-hybridized carbons (Fsp3) is 0.750. The molecule has 2 fully saturated rings. The molecule has 0 amide bonds. The molecule has 3 N–H and O–H groups in total. The van der Waals surface area contributed by atoms with Crippen LogP contribution in [0.3, 0.4) is 0 Å². The fourth-order valence-electron chi connectivity index (χ4n) is 3.52. The maximum absolute atomic E-state index is 9.31. The van der Waals surface area contributed by atoms with Crippen molar-refractivity contribution in [2.75, 3.05) is 36.5 Å². The minimum absolute atomic E-state index is 0. The number of piperidine rings is 2. The highest BCUT2D eigenvalue weighted by Crippen LogP contribution is 2.31. The van der Waals surface area contributed by atoms with Crippen LogP contribution in [0.25, 0.3) is 0 Å². The molecule has 2 atom stereocenters. The van der Waals surface area contributed by atoms with Gasteiger partial charge in [-0.25, -0.2) is 4.98 Å². The van der Waals surface area contributed by atoms with Crippen LogP contribution in [-0.4, -0.2) is 53.4 Å². The van der Waals surface area contributed by atoms with Gasteiger partial charge < -0.3 is 20.6 Å². The summed E-state index contributed by atoms with van der Waals surface area (Å²) in [5.41, 5.74) is 0. The number of aromatic nitrogens is 2. The number of hydrogen-bond donors (Lipinski definition) is 3. The van der Waals surface area contributed by atoms with Gasteiger partial charge >= 0.3 is 0 Å². The SMILES string of the molecule is Cl.OCC[C@@H]1CCCCN1c1nc(N[C@@H]2CCCNC2)ncc1Cl. The molecule has 1 aromatic heterocycles. The lowest BCUT2D eigenvalue weighted by molar-refractivity contribution is 0.262. The molecule has 0 aromatic carbocycles. The average Bonchev–Trinajstić information content (AvgIpc) is 2.59. The van der Waals surface area contributed by atoms with Gasteiger partial charge in [-0.3, -0.25) is 0 Å². The molecule has 3 heterocycles. The molecule has 1 aromatic rings. The summed E-state index contributed by atoms with van der Waals surface area (Å²) < 4.78 is 0. The third-order valence-corrected chi connectivity index (χ3v) is 4.98. The molecule has 0 radical (unpaired) electrons. The Morgan fingerprint density at radius 2 is 2.21 bits per heavy atom. The van der Waals surface area contributed by atoms with E-state index in [1.165, 1.54) is 12.8 Å². The van der Waals surface area contributed by atoms with Crippen LogP contribution in [0.2, 0.25) is 5.02 Å². The Morgan fingerprint density at radius 3 is 2.96 bits per heavy atom. The maximum Gasteiger partial charge on any atom is 0.224 e. The minimum atomic E-state index is 0. The van der Waals surface area contributed by atoms with Gasteiger partial charge in [-0.15, -0.1) is 12.4 Å². The second-order valence-corrected chi connectivity index (χ2v) is 6.82. The number of halogens is 2. The lowest BCUT2D eigenvalue weighted by Gasteiger charge is -2.37. The summed E-state index contributed by atoms with van der Waals surface area (Å²) in [4.78, 5) is 11.3. The summed E-state index contributed by atoms with van der Waals surface area (Å²) in [5, 5.41) is 16.7. The van der Waals surface area contributed by atoms with Crippen molar-refractivity contribution in [1.29, 1.82) is 0 Å². The van der Waals surface area contributed by atoms with Gasteiger partial charge in [0.1, 0.15) is 5.02 Å². The third-order valence-electron chi connectivity index (χ3n) is 4.72. The largest absolute Gasteiger partial charge is 0.396 e. The normalized spacial score (nSPS) is 24.3. The summed E-state index contributed by atoms with van der Waals surface area (Å²) in [6.07, 6.45) is 8.16. The molecule has 0 unspecified atom stereocenters. The molecule has 0 bridgehead atoms. The first-order chi connectivity index (χ1) is 11.3. The first kappa shape index (κ1) is 19.5. The van der Waals surface area contributed by atoms with Gasteiger partial charge in [-0.05, 0) is 45.1 Å². The van der Waals surface area contributed by atoms with Crippen LogP contribution in [-0.2, 0) is 0 Å². The molecule has 2 saturated heterocycles. The van der Waals surface area contributed by atoms with Crippen molar-refractivity contribution in [2.45, 2.75) is 50.6 Å². The molecule has 0 spiro atoms. The fourth-order valence-corrected chi connectivity index (χ4v) is 3.71. The molecule has 2 aliphatic heterocycles. The third kappa shape index (κ3) is 4.85. The lowest BCUT2D eigenvalue weighted by atomic mass is 10.00. The van der Waals surface area contributed by atoms with E-state index >= 15 is 0 Å². The van der Waals surface area contributed by atoms with E-state index in [1.807, 2.05) is 0 Å². The number of nitrogens with zero attached hydrogens (tertiary/aromatic N) is 3. The van der Waals surface area contributed by atoms with Crippen molar-refractivity contribution in [3.63, 3.8) is 0 Å². The Kier molecular flexibility index (Phi) is 7.81. The van der Waals surface area contributed by atoms with Crippen molar-refractivity contribution in [3.8, 4) is 0 Å². The van der Waals surface area contributed by atoms with E-state index in [1.54, 1.807) is 6.20 Å². The predicted molar refractivity (Wildman–Crippen MR) is 100 cm³/mol. The molecule has 8 heteroatoms. The zero-order chi connectivity index (χ0) is 16.1. The summed E-state index contributed by atoms with van der Waals surface area (Å²) in [7, 11) is 0. The first-order valence-electron chi connectivity index (χ1n) is 8.65. The van der Waals surface area contributed by atoms with Crippen LogP contribution in [0.5, 0.6) is 0 Å². The second-order valence-electron chi connectivity index (χ2n) is 6.41. The van der Waals surface area contributed by atoms with E-state index < -0.39 is 0 Å². The summed E-state index contributed by atoms with van der Waals surface area (Å²) in [6.45, 7) is 3.16. The van der Waals surface area contributed by atoms with Gasteiger partial charge in [-0.2, -0.15) is 4.98 Å². The second kappa shape index (κ2) is 9.61. The van der Waals surface area contributed by atoms with E-state index in [0.29, 0.717) is 23.1 Å². The summed E-state index contributed by atoms with van der Waals surface area (Å²) >= 11 is 6.37. The van der Waals surface area contributed by atoms with Gasteiger partial charge in [0.25, 0.3) is 0 Å². The van der Waals surface area contributed by atoms with E-state index in [2.05, 4.69) is 25.5 Å². The minimum Gasteiger partial charge on any atom is -0.396 e. The zero-order valence-corrected chi connectivity index (χ0v) is 15.5. The molecule has 136 valence electrons. The summed E-state index contributed by atoms with van der Waals surface area (Å²) in [6, 6.07) is 0.678. The van der Waals surface area contributed by atoms with Crippen LogP contribution in [0.4, 0.5) is 11.8 Å². The number of hydrogen-bond acceptors (Lipinski definition) is 6. The van der Waals surface area contributed by atoms with Crippen LogP contribution in [0.15, 0.2) is 6.20 Å². The highest BCUT2D eigenvalue weighted by atomic mass is 35.5. The molecule has 0 aliphatic carbocycles. The van der Waals surface area contributed by atoms with E-state index in [-0.39, 0.29) is 19.0 Å². The average molecular weight is 376 g/mol. The molecule has 24 heavy (non-hydrogen) atoms. The topological polar surface area (TPSA) is 73.3 Å². The number of aliphatic hydroxyl groups excluding tert-OH is 1. The van der Waals surface area contributed by atoms with Gasteiger partial charge in [0.2, 0.25) is 5.95 Å². The zero-order valence-electron chi connectivity index (χ0n) is 13.9. The van der Waals surface area contributed by atoms with Crippen molar-refractivity contribution in [1.82, 2.24) is 15.3 Å². The number of anilines is 2. The van der Waals surface area contributed by atoms with Crippen molar-refractivity contribution in [3.05, 3.63) is 11.2 Å². The van der Waals surface area contributed by atoms with Crippen molar-refractivity contribution in [2.24, 2.45) is 0 Å². The highest BCUT2D eigenvalue weighted by molar-refractivity contribution is 6.32. The monoisotopic (exact) mass is 375 g/mol. The maximum atomic E-state index is 9.31. The predicted octanol–water partition coefficient (Wildman–Crippen LogP) is 2.46. The molecular formula is C16H27Cl2N5O. The smallest absolute Gasteiger partial charge is 0.224 e. The quantitative estimate of drug-likeness (QED) is 0.733. The van der Waals surface area contributed by atoms with Gasteiger partial charge in [-0.1, -0.05) is 11.6 Å². The molecule has 2 aliphatic rings. The highest BCUT2D eigenvalue weighted by Gasteiger charge is 2.25.